The van der Waals surface area contributed by atoms with Crippen LogP contribution in [0.3, 0.4) is 0 Å². The summed E-state index contributed by atoms with van der Waals surface area (Å²) in [4.78, 5) is 23.1. The average molecular weight is 236 g/mol. The molecule has 3 N–H and O–H groups in total. The minimum atomic E-state index is -0.583. The van der Waals surface area contributed by atoms with Gasteiger partial charge in [0, 0.05) is 13.0 Å². The topological polar surface area (TPSA) is 90.0 Å². The minimum absolute atomic E-state index is 0.0469. The van der Waals surface area contributed by atoms with Gasteiger partial charge in [0.25, 0.3) is 5.91 Å². The average Bonchev–Trinajstić information content (AvgIpc) is 2.89. The van der Waals surface area contributed by atoms with Gasteiger partial charge in [0.1, 0.15) is 11.4 Å². The molecule has 17 heavy (non-hydrogen) atoms. The summed E-state index contributed by atoms with van der Waals surface area (Å²) in [6.45, 7) is 0. The van der Waals surface area contributed by atoms with Crippen LogP contribution in [0.5, 0.6) is 0 Å². The molecule has 1 fully saturated rings. The van der Waals surface area contributed by atoms with Crippen LogP contribution in [0, 0.1) is 5.92 Å². The highest BCUT2D eigenvalue weighted by Crippen LogP contribution is 2.26. The molecule has 0 aromatic carbocycles. The molecule has 0 saturated heterocycles. The van der Waals surface area contributed by atoms with Gasteiger partial charge in [-0.05, 0) is 12.8 Å². The highest BCUT2D eigenvalue weighted by Gasteiger charge is 2.25. The molecule has 1 aliphatic rings. The predicted octanol–water partition coefficient (Wildman–Crippen LogP) is 0.648. The zero-order valence-electron chi connectivity index (χ0n) is 9.77. The Labute approximate surface area is 99.2 Å². The molecule has 6 heteroatoms. The van der Waals surface area contributed by atoms with Crippen molar-refractivity contribution in [2.24, 2.45) is 18.7 Å². The Morgan fingerprint density at radius 2 is 2.12 bits per heavy atom. The van der Waals surface area contributed by atoms with Gasteiger partial charge < -0.3 is 11.1 Å². The number of amides is 2. The smallest absolute Gasteiger partial charge is 0.254 e. The zero-order chi connectivity index (χ0) is 12.4. The maximum absolute atomic E-state index is 11.9. The molecule has 0 bridgehead atoms. The Hall–Kier alpha value is -1.85. The van der Waals surface area contributed by atoms with E-state index in [2.05, 4.69) is 10.4 Å². The summed E-state index contributed by atoms with van der Waals surface area (Å²) in [5, 5.41) is 6.66. The first-order chi connectivity index (χ1) is 8.09. The maximum atomic E-state index is 11.9. The first-order valence-corrected chi connectivity index (χ1v) is 5.72. The Kier molecular flexibility index (Phi) is 3.12. The second kappa shape index (κ2) is 4.57. The number of hydrogen-bond donors (Lipinski definition) is 2. The van der Waals surface area contributed by atoms with Crippen molar-refractivity contribution in [2.45, 2.75) is 25.7 Å². The molecule has 2 rings (SSSR count). The third-order valence-electron chi connectivity index (χ3n) is 3.17. The van der Waals surface area contributed by atoms with E-state index >= 15 is 0 Å². The lowest BCUT2D eigenvalue weighted by Gasteiger charge is -2.11. The van der Waals surface area contributed by atoms with E-state index in [1.165, 1.54) is 10.9 Å². The van der Waals surface area contributed by atoms with Gasteiger partial charge in [-0.3, -0.25) is 14.3 Å². The molecule has 0 radical (unpaired) electrons. The van der Waals surface area contributed by atoms with Crippen LogP contribution in [0.15, 0.2) is 6.20 Å². The minimum Gasteiger partial charge on any atom is -0.365 e. The van der Waals surface area contributed by atoms with Crippen LogP contribution in [0.1, 0.15) is 36.0 Å². The predicted molar refractivity (Wildman–Crippen MR) is 62.3 cm³/mol. The van der Waals surface area contributed by atoms with Crippen LogP contribution in [0.2, 0.25) is 0 Å². The fraction of sp³-hybridized carbons (Fsp3) is 0.545. The Morgan fingerprint density at radius 3 is 2.71 bits per heavy atom. The summed E-state index contributed by atoms with van der Waals surface area (Å²) in [5.74, 6) is -0.201. The monoisotopic (exact) mass is 236 g/mol. The van der Waals surface area contributed by atoms with E-state index in [1.807, 2.05) is 0 Å². The van der Waals surface area contributed by atoms with Crippen LogP contribution in [-0.4, -0.2) is 21.6 Å². The second-order valence-corrected chi connectivity index (χ2v) is 4.37. The molecule has 92 valence electrons. The van der Waals surface area contributed by atoms with Gasteiger partial charge in [0.05, 0.1) is 6.20 Å². The molecule has 1 heterocycles. The number of nitrogens with one attached hydrogen (secondary N) is 1. The van der Waals surface area contributed by atoms with Crippen LogP contribution in [0.25, 0.3) is 0 Å². The zero-order valence-corrected chi connectivity index (χ0v) is 9.77. The summed E-state index contributed by atoms with van der Waals surface area (Å²) in [6, 6.07) is 0. The Balaban J connectivity index is 2.14. The summed E-state index contributed by atoms with van der Waals surface area (Å²) in [5.41, 5.74) is 5.46. The van der Waals surface area contributed by atoms with Crippen molar-refractivity contribution in [2.75, 3.05) is 5.32 Å². The molecule has 0 atom stereocenters. The van der Waals surface area contributed by atoms with E-state index < -0.39 is 5.91 Å². The number of anilines is 1. The van der Waals surface area contributed by atoms with Crippen molar-refractivity contribution in [3.63, 3.8) is 0 Å². The molecular weight excluding hydrogens is 220 g/mol. The molecule has 1 aromatic heterocycles. The normalized spacial score (nSPS) is 16.1. The highest BCUT2D eigenvalue weighted by molar-refractivity contribution is 6.02. The fourth-order valence-electron chi connectivity index (χ4n) is 2.17. The Morgan fingerprint density at radius 1 is 1.47 bits per heavy atom. The van der Waals surface area contributed by atoms with E-state index in [9.17, 15) is 9.59 Å². The fourth-order valence-corrected chi connectivity index (χ4v) is 2.17. The summed E-state index contributed by atoms with van der Waals surface area (Å²) >= 11 is 0. The molecule has 1 aromatic rings. The number of primary amides is 1. The summed E-state index contributed by atoms with van der Waals surface area (Å²) in [7, 11) is 1.66. The van der Waals surface area contributed by atoms with Crippen molar-refractivity contribution in [3.05, 3.63) is 11.8 Å². The van der Waals surface area contributed by atoms with Gasteiger partial charge in [0.2, 0.25) is 5.91 Å². The van der Waals surface area contributed by atoms with Crippen molar-refractivity contribution in [1.82, 2.24) is 9.78 Å². The van der Waals surface area contributed by atoms with Crippen LogP contribution >= 0.6 is 0 Å². The number of aryl methyl sites for hydroxylation is 1. The molecule has 6 nitrogen and oxygen atoms in total. The van der Waals surface area contributed by atoms with Gasteiger partial charge in [-0.1, -0.05) is 12.8 Å². The van der Waals surface area contributed by atoms with Crippen LogP contribution in [-0.2, 0) is 11.8 Å². The number of rotatable bonds is 3. The second-order valence-electron chi connectivity index (χ2n) is 4.37. The van der Waals surface area contributed by atoms with Gasteiger partial charge in [-0.2, -0.15) is 5.10 Å². The number of nitrogens with two attached hydrogens (primary N) is 1. The van der Waals surface area contributed by atoms with Gasteiger partial charge in [0.15, 0.2) is 0 Å². The van der Waals surface area contributed by atoms with Gasteiger partial charge >= 0.3 is 0 Å². The maximum Gasteiger partial charge on any atom is 0.254 e. The van der Waals surface area contributed by atoms with Crippen molar-refractivity contribution < 1.29 is 9.59 Å². The molecule has 0 aliphatic heterocycles. The third-order valence-corrected chi connectivity index (χ3v) is 3.17. The number of aromatic nitrogens is 2. The van der Waals surface area contributed by atoms with Crippen LogP contribution in [0.4, 0.5) is 5.82 Å². The van der Waals surface area contributed by atoms with E-state index in [4.69, 9.17) is 5.73 Å². The third kappa shape index (κ3) is 2.30. The largest absolute Gasteiger partial charge is 0.365 e. The lowest BCUT2D eigenvalue weighted by Crippen LogP contribution is -2.24. The number of nitrogens with zero attached hydrogens (tertiary/aromatic N) is 2. The number of carbonyl (C=O) groups is 2. The van der Waals surface area contributed by atoms with Crippen molar-refractivity contribution >= 4 is 17.6 Å². The van der Waals surface area contributed by atoms with E-state index in [0.29, 0.717) is 5.82 Å². The molecule has 2 amide bonds. The standard InChI is InChI=1S/C11H16N4O2/c1-15-10(8(6-13-15)9(12)16)14-11(17)7-4-2-3-5-7/h6-7H,2-5H2,1H3,(H2,12,16)(H,14,17). The van der Waals surface area contributed by atoms with E-state index in [1.54, 1.807) is 7.05 Å². The lowest BCUT2D eigenvalue weighted by atomic mass is 10.1. The SMILES string of the molecule is Cn1ncc(C(N)=O)c1NC(=O)C1CCCC1. The Bertz CT molecular complexity index is 446. The van der Waals surface area contributed by atoms with E-state index in [-0.39, 0.29) is 17.4 Å². The molecular formula is C11H16N4O2. The number of hydrogen-bond acceptors (Lipinski definition) is 3. The molecule has 1 aliphatic carbocycles. The van der Waals surface area contributed by atoms with Crippen LogP contribution < -0.4 is 11.1 Å². The lowest BCUT2D eigenvalue weighted by molar-refractivity contribution is -0.119. The molecule has 1 saturated carbocycles. The van der Waals surface area contributed by atoms with E-state index in [0.717, 1.165) is 25.7 Å². The highest BCUT2D eigenvalue weighted by atomic mass is 16.2. The molecule has 0 spiro atoms. The summed E-state index contributed by atoms with van der Waals surface area (Å²) in [6.07, 6.45) is 5.37. The molecule has 0 unspecified atom stereocenters. The van der Waals surface area contributed by atoms with Gasteiger partial charge in [-0.15, -0.1) is 0 Å². The van der Waals surface area contributed by atoms with Crippen molar-refractivity contribution in [1.29, 1.82) is 0 Å². The van der Waals surface area contributed by atoms with Crippen molar-refractivity contribution in [3.8, 4) is 0 Å². The summed E-state index contributed by atoms with van der Waals surface area (Å²) < 4.78 is 1.45. The number of carbonyl (C=O) groups excluding carboxylic acids is 2. The first-order valence-electron chi connectivity index (χ1n) is 5.72. The first kappa shape index (κ1) is 11.6. The van der Waals surface area contributed by atoms with Gasteiger partial charge in [-0.25, -0.2) is 0 Å². The quantitative estimate of drug-likeness (QED) is 0.807.